The highest BCUT2D eigenvalue weighted by atomic mass is 32.1. The molecule has 0 radical (unpaired) electrons. The number of ether oxygens (including phenoxy) is 2. The topological polar surface area (TPSA) is 47.6 Å². The van der Waals surface area contributed by atoms with E-state index in [0.29, 0.717) is 23.7 Å². The van der Waals surface area contributed by atoms with E-state index in [1.165, 1.54) is 0 Å². The van der Waals surface area contributed by atoms with E-state index in [-0.39, 0.29) is 11.9 Å². The number of carbonyl (C=O) groups is 1. The summed E-state index contributed by atoms with van der Waals surface area (Å²) in [6, 6.07) is 9.06. The molecule has 2 aromatic rings. The standard InChI is InChI=1S/C17H19NO3S/c1-4-9-21-14-8-7-13(11-15(14)20-3)17(19)18-12(2)16-6-5-10-22-16/h4-8,10-12H,1,9H2,2-3H3,(H,18,19). The Labute approximate surface area is 134 Å². The number of rotatable bonds is 7. The van der Waals surface area contributed by atoms with Gasteiger partial charge in [0, 0.05) is 10.4 Å². The lowest BCUT2D eigenvalue weighted by Crippen LogP contribution is -2.26. The van der Waals surface area contributed by atoms with Gasteiger partial charge in [0.1, 0.15) is 6.61 Å². The minimum atomic E-state index is -0.144. The zero-order valence-electron chi connectivity index (χ0n) is 12.7. The maximum Gasteiger partial charge on any atom is 0.251 e. The summed E-state index contributed by atoms with van der Waals surface area (Å²) in [7, 11) is 1.55. The molecule has 22 heavy (non-hydrogen) atoms. The van der Waals surface area contributed by atoms with Crippen molar-refractivity contribution in [1.82, 2.24) is 5.32 Å². The van der Waals surface area contributed by atoms with Gasteiger partial charge < -0.3 is 14.8 Å². The quantitative estimate of drug-likeness (QED) is 0.790. The van der Waals surface area contributed by atoms with Gasteiger partial charge in [0.05, 0.1) is 13.2 Å². The van der Waals surface area contributed by atoms with Crippen LogP contribution in [0.5, 0.6) is 11.5 Å². The lowest BCUT2D eigenvalue weighted by Gasteiger charge is -2.14. The normalized spacial score (nSPS) is 11.5. The molecule has 0 aliphatic heterocycles. The average Bonchev–Trinajstić information content (AvgIpc) is 3.07. The number of nitrogens with one attached hydrogen (secondary N) is 1. The summed E-state index contributed by atoms with van der Waals surface area (Å²) in [5, 5.41) is 4.96. The maximum absolute atomic E-state index is 12.3. The van der Waals surface area contributed by atoms with Gasteiger partial charge >= 0.3 is 0 Å². The predicted molar refractivity (Wildman–Crippen MR) is 88.9 cm³/mol. The first-order chi connectivity index (χ1) is 10.7. The van der Waals surface area contributed by atoms with Gasteiger partial charge in [-0.3, -0.25) is 4.79 Å². The van der Waals surface area contributed by atoms with E-state index in [0.717, 1.165) is 4.88 Å². The Morgan fingerprint density at radius 3 is 2.86 bits per heavy atom. The first-order valence-corrected chi connectivity index (χ1v) is 7.79. The summed E-state index contributed by atoms with van der Waals surface area (Å²) in [5.74, 6) is 0.970. The molecule has 0 saturated carbocycles. The molecule has 1 aromatic carbocycles. The third kappa shape index (κ3) is 3.89. The molecule has 0 saturated heterocycles. The second kappa shape index (κ2) is 7.66. The number of hydrogen-bond donors (Lipinski definition) is 1. The lowest BCUT2D eigenvalue weighted by molar-refractivity contribution is 0.0940. The molecule has 0 spiro atoms. The summed E-state index contributed by atoms with van der Waals surface area (Å²) in [5.41, 5.74) is 0.534. The van der Waals surface area contributed by atoms with Crippen molar-refractivity contribution in [3.63, 3.8) is 0 Å². The second-order valence-electron chi connectivity index (χ2n) is 4.68. The van der Waals surface area contributed by atoms with Crippen molar-refractivity contribution in [3.8, 4) is 11.5 Å². The molecular weight excluding hydrogens is 298 g/mol. The second-order valence-corrected chi connectivity index (χ2v) is 5.66. The van der Waals surface area contributed by atoms with Gasteiger partial charge in [-0.15, -0.1) is 11.3 Å². The molecule has 0 bridgehead atoms. The molecule has 4 nitrogen and oxygen atoms in total. The molecule has 0 aliphatic rings. The molecule has 1 unspecified atom stereocenters. The van der Waals surface area contributed by atoms with Gasteiger partial charge in [0.2, 0.25) is 0 Å². The summed E-state index contributed by atoms with van der Waals surface area (Å²) in [4.78, 5) is 13.4. The Hall–Kier alpha value is -2.27. The number of amides is 1. The van der Waals surface area contributed by atoms with Crippen LogP contribution in [0.1, 0.15) is 28.2 Å². The van der Waals surface area contributed by atoms with Crippen molar-refractivity contribution in [3.05, 3.63) is 58.8 Å². The van der Waals surface area contributed by atoms with E-state index in [2.05, 4.69) is 11.9 Å². The Balaban J connectivity index is 2.11. The smallest absolute Gasteiger partial charge is 0.251 e. The molecule has 1 heterocycles. The van der Waals surface area contributed by atoms with Crippen molar-refractivity contribution in [1.29, 1.82) is 0 Å². The van der Waals surface area contributed by atoms with Gasteiger partial charge in [-0.05, 0) is 36.6 Å². The van der Waals surface area contributed by atoms with E-state index < -0.39 is 0 Å². The number of methoxy groups -OCH3 is 1. The molecule has 1 atom stereocenters. The fourth-order valence-electron chi connectivity index (χ4n) is 1.97. The van der Waals surface area contributed by atoms with Crippen LogP contribution in [0, 0.1) is 0 Å². The van der Waals surface area contributed by atoms with Crippen molar-refractivity contribution < 1.29 is 14.3 Å². The van der Waals surface area contributed by atoms with Crippen LogP contribution in [0.25, 0.3) is 0 Å². The van der Waals surface area contributed by atoms with E-state index in [9.17, 15) is 4.79 Å². The highest BCUT2D eigenvalue weighted by molar-refractivity contribution is 7.10. The number of carbonyl (C=O) groups excluding carboxylic acids is 1. The van der Waals surface area contributed by atoms with E-state index in [4.69, 9.17) is 9.47 Å². The van der Waals surface area contributed by atoms with Crippen LogP contribution in [0.15, 0.2) is 48.4 Å². The monoisotopic (exact) mass is 317 g/mol. The minimum Gasteiger partial charge on any atom is -0.493 e. The Morgan fingerprint density at radius 2 is 2.23 bits per heavy atom. The average molecular weight is 317 g/mol. The maximum atomic E-state index is 12.3. The molecule has 1 N–H and O–H groups in total. The summed E-state index contributed by atoms with van der Waals surface area (Å²) < 4.78 is 10.8. The SMILES string of the molecule is C=CCOc1ccc(C(=O)NC(C)c2cccs2)cc1OC. The molecule has 2 rings (SSSR count). The van der Waals surface area contributed by atoms with Crippen LogP contribution in [-0.4, -0.2) is 19.6 Å². The molecule has 0 aliphatic carbocycles. The summed E-state index contributed by atoms with van der Waals surface area (Å²) in [6.45, 7) is 5.95. The fourth-order valence-corrected chi connectivity index (χ4v) is 2.70. The third-order valence-electron chi connectivity index (χ3n) is 3.10. The van der Waals surface area contributed by atoms with E-state index >= 15 is 0 Å². The highest BCUT2D eigenvalue weighted by Crippen LogP contribution is 2.28. The molecule has 1 aromatic heterocycles. The lowest BCUT2D eigenvalue weighted by atomic mass is 10.1. The third-order valence-corrected chi connectivity index (χ3v) is 4.16. The first kappa shape index (κ1) is 16.1. The van der Waals surface area contributed by atoms with Crippen LogP contribution < -0.4 is 14.8 Å². The van der Waals surface area contributed by atoms with E-state index in [1.807, 2.05) is 24.4 Å². The Morgan fingerprint density at radius 1 is 1.41 bits per heavy atom. The largest absolute Gasteiger partial charge is 0.493 e. The predicted octanol–water partition coefficient (Wildman–Crippen LogP) is 3.81. The summed E-state index contributed by atoms with van der Waals surface area (Å²) >= 11 is 1.62. The van der Waals surface area contributed by atoms with Crippen molar-refractivity contribution in [2.75, 3.05) is 13.7 Å². The molecular formula is C17H19NO3S. The molecule has 1 amide bonds. The zero-order valence-corrected chi connectivity index (χ0v) is 13.5. The van der Waals surface area contributed by atoms with Crippen LogP contribution >= 0.6 is 11.3 Å². The van der Waals surface area contributed by atoms with Gasteiger partial charge in [-0.1, -0.05) is 18.7 Å². The van der Waals surface area contributed by atoms with E-state index in [1.54, 1.807) is 42.7 Å². The van der Waals surface area contributed by atoms with Gasteiger partial charge in [0.15, 0.2) is 11.5 Å². The zero-order chi connectivity index (χ0) is 15.9. The molecule has 116 valence electrons. The van der Waals surface area contributed by atoms with Crippen LogP contribution in [0.4, 0.5) is 0 Å². The highest BCUT2D eigenvalue weighted by Gasteiger charge is 2.14. The first-order valence-electron chi connectivity index (χ1n) is 6.91. The van der Waals surface area contributed by atoms with Crippen LogP contribution in [0.3, 0.4) is 0 Å². The van der Waals surface area contributed by atoms with Crippen molar-refractivity contribution in [2.45, 2.75) is 13.0 Å². The minimum absolute atomic E-state index is 0.0322. The molecule has 5 heteroatoms. The number of thiophene rings is 1. The van der Waals surface area contributed by atoms with Crippen LogP contribution in [-0.2, 0) is 0 Å². The number of benzene rings is 1. The Bertz CT molecular complexity index is 637. The summed E-state index contributed by atoms with van der Waals surface area (Å²) in [6.07, 6.45) is 1.66. The van der Waals surface area contributed by atoms with Gasteiger partial charge in [-0.25, -0.2) is 0 Å². The van der Waals surface area contributed by atoms with Gasteiger partial charge in [-0.2, -0.15) is 0 Å². The molecule has 0 fully saturated rings. The van der Waals surface area contributed by atoms with Crippen LogP contribution in [0.2, 0.25) is 0 Å². The fraction of sp³-hybridized carbons (Fsp3) is 0.235. The van der Waals surface area contributed by atoms with Crippen molar-refractivity contribution >= 4 is 17.2 Å². The van der Waals surface area contributed by atoms with Crippen molar-refractivity contribution in [2.24, 2.45) is 0 Å². The van der Waals surface area contributed by atoms with Gasteiger partial charge in [0.25, 0.3) is 5.91 Å². The number of hydrogen-bond acceptors (Lipinski definition) is 4. The Kier molecular flexibility index (Phi) is 5.61.